The minimum absolute atomic E-state index is 0.114. The molecule has 4 fully saturated rings. The van der Waals surface area contributed by atoms with Crippen LogP contribution in [0.5, 0.6) is 0 Å². The number of Topliss-reactive ketones (excluding diaryl/α,β-unsaturated/α-hetero) is 1. The van der Waals surface area contributed by atoms with E-state index in [2.05, 4.69) is 34.6 Å². The molecule has 4 saturated carbocycles. The molecule has 0 aromatic carbocycles. The zero-order chi connectivity index (χ0) is 21.0. The van der Waals surface area contributed by atoms with Crippen LogP contribution >= 0.6 is 0 Å². The molecule has 166 valence electrons. The van der Waals surface area contributed by atoms with Crippen LogP contribution in [0.2, 0.25) is 0 Å². The van der Waals surface area contributed by atoms with Crippen molar-refractivity contribution in [2.45, 2.75) is 111 Å². The molecule has 1 N–H and O–H groups in total. The molecule has 0 saturated heterocycles. The Balaban J connectivity index is 1.48. The SMILES string of the molecule is CC(C)CCC[C@H](C)[C@@H]1CC[C@H]2[C@H]3CC[C@H]4C(O)C(=O)CC[C@@]4(C)[C@H]3CC[C@@]21C. The molecule has 0 radical (unpaired) electrons. The van der Waals surface area contributed by atoms with Crippen LogP contribution in [0.3, 0.4) is 0 Å². The van der Waals surface area contributed by atoms with Gasteiger partial charge in [0.15, 0.2) is 5.78 Å². The van der Waals surface area contributed by atoms with Crippen LogP contribution in [0.15, 0.2) is 0 Å². The summed E-state index contributed by atoms with van der Waals surface area (Å²) < 4.78 is 0. The summed E-state index contributed by atoms with van der Waals surface area (Å²) in [6.07, 6.45) is 13.0. The molecule has 0 amide bonds. The maximum Gasteiger partial charge on any atom is 0.161 e. The molecule has 2 nitrogen and oxygen atoms in total. The Morgan fingerprint density at radius 1 is 0.897 bits per heavy atom. The van der Waals surface area contributed by atoms with Gasteiger partial charge in [-0.05, 0) is 97.2 Å². The molecule has 0 bridgehead atoms. The summed E-state index contributed by atoms with van der Waals surface area (Å²) in [7, 11) is 0. The molecule has 9 atom stereocenters. The van der Waals surface area contributed by atoms with Crippen molar-refractivity contribution >= 4 is 5.78 Å². The standard InChI is InChI=1S/C27H46O2/c1-17(2)7-6-8-18(3)20-11-12-21-19-9-10-23-25(29)24(28)14-16-27(23,5)22(19)13-15-26(20,21)4/h17-23,25,29H,6-16H2,1-5H3/t18-,19+,20-,21-,22-,23-,25?,26+,27-/m0/s1. The highest BCUT2D eigenvalue weighted by Gasteiger charge is 2.61. The number of ketones is 1. The zero-order valence-corrected chi connectivity index (χ0v) is 19.8. The number of aliphatic hydroxyl groups is 1. The van der Waals surface area contributed by atoms with Gasteiger partial charge in [0.05, 0.1) is 0 Å². The molecule has 0 aromatic rings. The second-order valence-corrected chi connectivity index (χ2v) is 12.5. The zero-order valence-electron chi connectivity index (χ0n) is 19.8. The molecule has 0 spiro atoms. The van der Waals surface area contributed by atoms with Gasteiger partial charge in [0.25, 0.3) is 0 Å². The van der Waals surface area contributed by atoms with E-state index in [-0.39, 0.29) is 17.1 Å². The highest BCUT2D eigenvalue weighted by Crippen LogP contribution is 2.68. The smallest absolute Gasteiger partial charge is 0.161 e. The topological polar surface area (TPSA) is 37.3 Å². The summed E-state index contributed by atoms with van der Waals surface area (Å²) in [5.41, 5.74) is 0.725. The van der Waals surface area contributed by atoms with Crippen molar-refractivity contribution in [3.8, 4) is 0 Å². The normalized spacial score (nSPS) is 48.2. The minimum Gasteiger partial charge on any atom is -0.385 e. The van der Waals surface area contributed by atoms with Gasteiger partial charge >= 0.3 is 0 Å². The average molecular weight is 403 g/mol. The van der Waals surface area contributed by atoms with Gasteiger partial charge in [-0.25, -0.2) is 0 Å². The number of hydrogen-bond acceptors (Lipinski definition) is 2. The quantitative estimate of drug-likeness (QED) is 0.559. The molecule has 4 aliphatic rings. The maximum absolute atomic E-state index is 12.2. The van der Waals surface area contributed by atoms with Gasteiger partial charge in [0, 0.05) is 6.42 Å². The first-order chi connectivity index (χ1) is 13.7. The molecule has 0 heterocycles. The van der Waals surface area contributed by atoms with E-state index < -0.39 is 6.10 Å². The summed E-state index contributed by atoms with van der Waals surface area (Å²) >= 11 is 0. The first-order valence-corrected chi connectivity index (χ1v) is 12.9. The van der Waals surface area contributed by atoms with Crippen molar-refractivity contribution < 1.29 is 9.90 Å². The van der Waals surface area contributed by atoms with Crippen molar-refractivity contribution in [2.24, 2.45) is 52.3 Å². The molecular weight excluding hydrogens is 356 g/mol. The van der Waals surface area contributed by atoms with Gasteiger partial charge in [0.1, 0.15) is 6.10 Å². The molecule has 2 heteroatoms. The second kappa shape index (κ2) is 7.95. The Morgan fingerprint density at radius 3 is 2.31 bits per heavy atom. The Morgan fingerprint density at radius 2 is 1.59 bits per heavy atom. The van der Waals surface area contributed by atoms with Crippen LogP contribution < -0.4 is 0 Å². The fourth-order valence-electron chi connectivity index (χ4n) is 9.16. The van der Waals surface area contributed by atoms with Crippen LogP contribution in [-0.4, -0.2) is 17.0 Å². The summed E-state index contributed by atoms with van der Waals surface area (Å²) in [6.45, 7) is 12.3. The van der Waals surface area contributed by atoms with E-state index in [0.717, 1.165) is 48.3 Å². The van der Waals surface area contributed by atoms with E-state index in [9.17, 15) is 9.90 Å². The Labute approximate surface area is 179 Å². The van der Waals surface area contributed by atoms with Crippen molar-refractivity contribution in [3.63, 3.8) is 0 Å². The second-order valence-electron chi connectivity index (χ2n) is 12.5. The number of fused-ring (bicyclic) bond motifs is 5. The van der Waals surface area contributed by atoms with Gasteiger partial charge in [-0.1, -0.05) is 53.9 Å². The third-order valence-corrected chi connectivity index (χ3v) is 10.8. The largest absolute Gasteiger partial charge is 0.385 e. The van der Waals surface area contributed by atoms with Gasteiger partial charge in [-0.2, -0.15) is 0 Å². The summed E-state index contributed by atoms with van der Waals surface area (Å²) in [5, 5.41) is 10.7. The molecule has 29 heavy (non-hydrogen) atoms. The molecule has 4 rings (SSSR count). The monoisotopic (exact) mass is 402 g/mol. The van der Waals surface area contributed by atoms with Gasteiger partial charge in [-0.3, -0.25) is 4.79 Å². The number of carbonyl (C=O) groups excluding carboxylic acids is 1. The predicted molar refractivity (Wildman–Crippen MR) is 119 cm³/mol. The number of aliphatic hydroxyl groups excluding tert-OH is 1. The lowest BCUT2D eigenvalue weighted by Crippen LogP contribution is -2.57. The van der Waals surface area contributed by atoms with Crippen molar-refractivity contribution in [1.29, 1.82) is 0 Å². The number of carbonyl (C=O) groups is 1. The number of rotatable bonds is 5. The van der Waals surface area contributed by atoms with Crippen LogP contribution in [0.4, 0.5) is 0 Å². The van der Waals surface area contributed by atoms with Crippen LogP contribution in [-0.2, 0) is 4.79 Å². The van der Waals surface area contributed by atoms with E-state index in [0.29, 0.717) is 11.8 Å². The van der Waals surface area contributed by atoms with E-state index in [1.165, 1.54) is 51.4 Å². The lowest BCUT2D eigenvalue weighted by molar-refractivity contribution is -0.163. The molecule has 4 aliphatic carbocycles. The molecule has 0 aromatic heterocycles. The van der Waals surface area contributed by atoms with Crippen molar-refractivity contribution in [3.05, 3.63) is 0 Å². The van der Waals surface area contributed by atoms with Gasteiger partial charge < -0.3 is 5.11 Å². The summed E-state index contributed by atoms with van der Waals surface area (Å²) in [5.74, 6) is 5.39. The fourth-order valence-corrected chi connectivity index (χ4v) is 9.16. The third kappa shape index (κ3) is 3.54. The number of hydrogen-bond donors (Lipinski definition) is 1. The van der Waals surface area contributed by atoms with E-state index in [1.807, 2.05) is 0 Å². The molecular formula is C27H46O2. The summed E-state index contributed by atoms with van der Waals surface area (Å²) in [6, 6.07) is 0. The highest BCUT2D eigenvalue weighted by atomic mass is 16.3. The van der Waals surface area contributed by atoms with Crippen LogP contribution in [0.25, 0.3) is 0 Å². The van der Waals surface area contributed by atoms with Crippen molar-refractivity contribution in [1.82, 2.24) is 0 Å². The van der Waals surface area contributed by atoms with Crippen LogP contribution in [0.1, 0.15) is 105 Å². The third-order valence-electron chi connectivity index (χ3n) is 10.8. The molecule has 1 unspecified atom stereocenters. The Kier molecular flexibility index (Phi) is 5.99. The van der Waals surface area contributed by atoms with E-state index in [4.69, 9.17) is 0 Å². The average Bonchev–Trinajstić information content (AvgIpc) is 3.02. The van der Waals surface area contributed by atoms with Gasteiger partial charge in [0.2, 0.25) is 0 Å². The first-order valence-electron chi connectivity index (χ1n) is 12.9. The van der Waals surface area contributed by atoms with Crippen molar-refractivity contribution in [2.75, 3.05) is 0 Å². The Hall–Kier alpha value is -0.370. The fraction of sp³-hybridized carbons (Fsp3) is 0.963. The summed E-state index contributed by atoms with van der Waals surface area (Å²) in [4.78, 5) is 12.2. The lowest BCUT2D eigenvalue weighted by atomic mass is 9.44. The predicted octanol–water partition coefficient (Wildman–Crippen LogP) is 6.65. The molecule has 0 aliphatic heterocycles. The van der Waals surface area contributed by atoms with Gasteiger partial charge in [-0.15, -0.1) is 0 Å². The highest BCUT2D eigenvalue weighted by molar-refractivity contribution is 5.84. The Bertz CT molecular complexity index is 612. The first kappa shape index (κ1) is 21.8. The van der Waals surface area contributed by atoms with E-state index in [1.54, 1.807) is 0 Å². The van der Waals surface area contributed by atoms with E-state index >= 15 is 0 Å². The lowest BCUT2D eigenvalue weighted by Gasteiger charge is -2.61. The minimum atomic E-state index is -0.680. The van der Waals surface area contributed by atoms with Crippen LogP contribution in [0, 0.1) is 52.3 Å². The maximum atomic E-state index is 12.2.